The van der Waals surface area contributed by atoms with E-state index in [0.717, 1.165) is 17.5 Å². The summed E-state index contributed by atoms with van der Waals surface area (Å²) in [6.45, 7) is 2.10. The van der Waals surface area contributed by atoms with Crippen LogP contribution in [0.2, 0.25) is 0 Å². The van der Waals surface area contributed by atoms with E-state index >= 15 is 0 Å². The van der Waals surface area contributed by atoms with Crippen LogP contribution in [0.1, 0.15) is 23.3 Å². The lowest BCUT2D eigenvalue weighted by molar-refractivity contribution is -0.119. The first kappa shape index (κ1) is 19.6. The maximum absolute atomic E-state index is 12.6. The lowest BCUT2D eigenvalue weighted by Gasteiger charge is -2.14. The van der Waals surface area contributed by atoms with E-state index in [9.17, 15) is 9.59 Å². The molecule has 28 heavy (non-hydrogen) atoms. The van der Waals surface area contributed by atoms with Gasteiger partial charge in [-0.3, -0.25) is 15.2 Å². The Bertz CT molecular complexity index is 941. The average molecular weight is 395 g/mol. The Morgan fingerprint density at radius 3 is 2.46 bits per heavy atom. The lowest BCUT2D eigenvalue weighted by atomic mass is 10.1. The van der Waals surface area contributed by atoms with Crippen LogP contribution in [-0.4, -0.2) is 34.2 Å². The number of aryl methyl sites for hydroxylation is 1. The van der Waals surface area contributed by atoms with Gasteiger partial charge in [0.15, 0.2) is 5.82 Å². The van der Waals surface area contributed by atoms with E-state index in [1.54, 1.807) is 0 Å². The number of H-pyrrole nitrogens is 1. The Morgan fingerprint density at radius 1 is 1.11 bits per heavy atom. The SMILES string of the molecule is CCc1ccc(-c2nc(S[C@@H](C(=O)NC(=O)NC)c3ccccc3)n[nH]2)cc1. The molecular weight excluding hydrogens is 374 g/mol. The van der Waals surface area contributed by atoms with Crippen LogP contribution in [0, 0.1) is 0 Å². The predicted octanol–water partition coefficient (Wildman–Crippen LogP) is 3.32. The predicted molar refractivity (Wildman–Crippen MR) is 109 cm³/mol. The minimum atomic E-state index is -0.662. The van der Waals surface area contributed by atoms with E-state index in [2.05, 4.69) is 32.7 Å². The zero-order chi connectivity index (χ0) is 19.9. The molecule has 8 heteroatoms. The topological polar surface area (TPSA) is 99.8 Å². The molecular formula is C20H21N5O2S. The number of aromatic nitrogens is 3. The third-order valence-electron chi connectivity index (χ3n) is 4.13. The molecule has 0 aliphatic heterocycles. The van der Waals surface area contributed by atoms with Gasteiger partial charge in [0.05, 0.1) is 0 Å². The van der Waals surface area contributed by atoms with Crippen LogP contribution >= 0.6 is 11.8 Å². The fourth-order valence-corrected chi connectivity index (χ4v) is 3.48. The summed E-state index contributed by atoms with van der Waals surface area (Å²) >= 11 is 1.18. The van der Waals surface area contributed by atoms with Gasteiger partial charge in [0.25, 0.3) is 0 Å². The maximum Gasteiger partial charge on any atom is 0.321 e. The van der Waals surface area contributed by atoms with Gasteiger partial charge >= 0.3 is 6.03 Å². The first-order chi connectivity index (χ1) is 13.6. The Hall–Kier alpha value is -3.13. The molecule has 0 saturated heterocycles. The number of hydrogen-bond acceptors (Lipinski definition) is 5. The van der Waals surface area contributed by atoms with Gasteiger partial charge in [-0.25, -0.2) is 9.78 Å². The normalized spacial score (nSPS) is 11.6. The van der Waals surface area contributed by atoms with Crippen molar-refractivity contribution >= 4 is 23.7 Å². The first-order valence-electron chi connectivity index (χ1n) is 8.86. The summed E-state index contributed by atoms with van der Waals surface area (Å²) in [6, 6.07) is 16.7. The summed E-state index contributed by atoms with van der Waals surface area (Å²) in [5.41, 5.74) is 2.92. The van der Waals surface area contributed by atoms with Crippen LogP contribution in [0.3, 0.4) is 0 Å². The van der Waals surface area contributed by atoms with Gasteiger partial charge in [-0.05, 0) is 17.5 Å². The molecule has 3 amide bonds. The fourth-order valence-electron chi connectivity index (χ4n) is 2.57. The number of thioether (sulfide) groups is 1. The highest BCUT2D eigenvalue weighted by Crippen LogP contribution is 2.34. The van der Waals surface area contributed by atoms with Crippen molar-refractivity contribution in [1.82, 2.24) is 25.8 Å². The molecule has 0 unspecified atom stereocenters. The Morgan fingerprint density at radius 2 is 1.82 bits per heavy atom. The van der Waals surface area contributed by atoms with Crippen molar-refractivity contribution in [3.8, 4) is 11.4 Å². The third-order valence-corrected chi connectivity index (χ3v) is 5.24. The molecule has 0 spiro atoms. The van der Waals surface area contributed by atoms with Crippen LogP contribution in [-0.2, 0) is 11.2 Å². The smallest absolute Gasteiger partial charge is 0.321 e. The van der Waals surface area contributed by atoms with Crippen molar-refractivity contribution in [2.45, 2.75) is 23.8 Å². The molecule has 0 saturated carbocycles. The Kier molecular flexibility index (Phi) is 6.44. The zero-order valence-electron chi connectivity index (χ0n) is 15.6. The molecule has 3 N–H and O–H groups in total. The van der Waals surface area contributed by atoms with Crippen LogP contribution in [0.25, 0.3) is 11.4 Å². The molecule has 144 valence electrons. The number of nitrogens with one attached hydrogen (secondary N) is 3. The molecule has 7 nitrogen and oxygen atoms in total. The van der Waals surface area contributed by atoms with Crippen molar-refractivity contribution in [3.63, 3.8) is 0 Å². The van der Waals surface area contributed by atoms with E-state index in [0.29, 0.717) is 11.0 Å². The second kappa shape index (κ2) is 9.18. The molecule has 3 aromatic rings. The summed E-state index contributed by atoms with van der Waals surface area (Å²) in [6.07, 6.45) is 0.969. The van der Waals surface area contributed by atoms with Crippen LogP contribution in [0.4, 0.5) is 4.79 Å². The van der Waals surface area contributed by atoms with Crippen LogP contribution < -0.4 is 10.6 Å². The largest absolute Gasteiger partial charge is 0.341 e. The van der Waals surface area contributed by atoms with Gasteiger partial charge < -0.3 is 5.32 Å². The van der Waals surface area contributed by atoms with E-state index in [4.69, 9.17) is 0 Å². The number of imide groups is 1. The second-order valence-electron chi connectivity index (χ2n) is 5.99. The molecule has 0 radical (unpaired) electrons. The number of rotatable bonds is 6. The summed E-state index contributed by atoms with van der Waals surface area (Å²) in [4.78, 5) is 28.7. The number of benzene rings is 2. The molecule has 3 rings (SSSR count). The summed E-state index contributed by atoms with van der Waals surface area (Å²) in [7, 11) is 1.46. The third kappa shape index (κ3) is 4.77. The molecule has 0 aliphatic carbocycles. The molecule has 2 aromatic carbocycles. The minimum Gasteiger partial charge on any atom is -0.341 e. The Balaban J connectivity index is 1.81. The molecule has 0 fully saturated rings. The van der Waals surface area contributed by atoms with Crippen molar-refractivity contribution in [1.29, 1.82) is 0 Å². The van der Waals surface area contributed by atoms with E-state index < -0.39 is 17.2 Å². The van der Waals surface area contributed by atoms with Gasteiger partial charge in [-0.1, -0.05) is 73.3 Å². The molecule has 1 heterocycles. The highest BCUT2D eigenvalue weighted by molar-refractivity contribution is 8.00. The highest BCUT2D eigenvalue weighted by atomic mass is 32.2. The van der Waals surface area contributed by atoms with Crippen molar-refractivity contribution in [2.24, 2.45) is 0 Å². The lowest BCUT2D eigenvalue weighted by Crippen LogP contribution is -2.39. The summed E-state index contributed by atoms with van der Waals surface area (Å²) in [5, 5.41) is 11.6. The molecule has 1 atom stereocenters. The Labute approximate surface area is 167 Å². The summed E-state index contributed by atoms with van der Waals surface area (Å²) < 4.78 is 0. The number of aromatic amines is 1. The number of nitrogens with zero attached hydrogens (tertiary/aromatic N) is 2. The zero-order valence-corrected chi connectivity index (χ0v) is 16.4. The van der Waals surface area contributed by atoms with Gasteiger partial charge in [0.1, 0.15) is 5.25 Å². The van der Waals surface area contributed by atoms with Crippen LogP contribution in [0.5, 0.6) is 0 Å². The standard InChI is InChI=1S/C20H21N5O2S/c1-3-13-9-11-15(12-10-13)17-22-20(25-24-17)28-16(14-7-5-4-6-8-14)18(26)23-19(27)21-2/h4-12,16H,3H2,1-2H3,(H,22,24,25)(H2,21,23,26,27)/t16-/m1/s1. The van der Waals surface area contributed by atoms with Crippen molar-refractivity contribution < 1.29 is 9.59 Å². The van der Waals surface area contributed by atoms with Crippen molar-refractivity contribution in [2.75, 3.05) is 7.05 Å². The summed E-state index contributed by atoms with van der Waals surface area (Å²) in [5.74, 6) is 0.192. The number of amides is 3. The van der Waals surface area contributed by atoms with E-state index in [1.807, 2.05) is 54.6 Å². The van der Waals surface area contributed by atoms with Crippen molar-refractivity contribution in [3.05, 3.63) is 65.7 Å². The second-order valence-corrected chi connectivity index (χ2v) is 7.07. The molecule has 0 aliphatic rings. The fraction of sp³-hybridized carbons (Fsp3) is 0.200. The maximum atomic E-state index is 12.6. The minimum absolute atomic E-state index is 0.426. The van der Waals surface area contributed by atoms with Gasteiger partial charge in [-0.2, -0.15) is 0 Å². The van der Waals surface area contributed by atoms with E-state index in [1.165, 1.54) is 24.4 Å². The quantitative estimate of drug-likeness (QED) is 0.556. The van der Waals surface area contributed by atoms with Crippen LogP contribution in [0.15, 0.2) is 59.8 Å². The monoisotopic (exact) mass is 395 g/mol. The van der Waals surface area contributed by atoms with Gasteiger partial charge in [-0.15, -0.1) is 5.10 Å². The number of carbonyl (C=O) groups is 2. The molecule has 0 bridgehead atoms. The molecule has 1 aromatic heterocycles. The average Bonchev–Trinajstić information content (AvgIpc) is 3.21. The van der Waals surface area contributed by atoms with Gasteiger partial charge in [0.2, 0.25) is 11.1 Å². The number of urea groups is 1. The first-order valence-corrected chi connectivity index (χ1v) is 9.74. The number of hydrogen-bond donors (Lipinski definition) is 3. The highest BCUT2D eigenvalue weighted by Gasteiger charge is 2.25. The van der Waals surface area contributed by atoms with E-state index in [-0.39, 0.29) is 0 Å². The number of carbonyl (C=O) groups excluding carboxylic acids is 2. The van der Waals surface area contributed by atoms with Gasteiger partial charge in [0, 0.05) is 12.6 Å².